The van der Waals surface area contributed by atoms with E-state index in [1.807, 2.05) is 61.2 Å². The molecular formula is C23H25N3O4. The molecule has 1 saturated heterocycles. The molecule has 2 atom stereocenters. The van der Waals surface area contributed by atoms with Gasteiger partial charge in [0.25, 0.3) is 0 Å². The SMILES string of the molecule is COc1ccc(C(C)N2CC(c3nc(-c4cccc(C)c4)no3)CC2=O)cc1OC. The minimum Gasteiger partial charge on any atom is -0.493 e. The third kappa shape index (κ3) is 3.75. The van der Waals surface area contributed by atoms with Crippen LogP contribution in [0.25, 0.3) is 11.4 Å². The Balaban J connectivity index is 1.52. The van der Waals surface area contributed by atoms with Crippen LogP contribution in [0.2, 0.25) is 0 Å². The van der Waals surface area contributed by atoms with Crippen molar-refractivity contribution >= 4 is 5.91 Å². The van der Waals surface area contributed by atoms with E-state index in [4.69, 9.17) is 14.0 Å². The molecular weight excluding hydrogens is 382 g/mol. The highest BCUT2D eigenvalue weighted by atomic mass is 16.5. The Morgan fingerprint density at radius 3 is 2.67 bits per heavy atom. The van der Waals surface area contributed by atoms with E-state index >= 15 is 0 Å². The maximum absolute atomic E-state index is 12.8. The van der Waals surface area contributed by atoms with Gasteiger partial charge in [0.1, 0.15) is 0 Å². The monoisotopic (exact) mass is 407 g/mol. The van der Waals surface area contributed by atoms with Gasteiger partial charge in [-0.1, -0.05) is 35.0 Å². The number of aryl methyl sites for hydroxylation is 1. The first-order valence-corrected chi connectivity index (χ1v) is 9.92. The Hall–Kier alpha value is -3.35. The lowest BCUT2D eigenvalue weighted by Gasteiger charge is -2.25. The number of amides is 1. The first-order chi connectivity index (χ1) is 14.5. The van der Waals surface area contributed by atoms with E-state index in [0.29, 0.717) is 36.2 Å². The van der Waals surface area contributed by atoms with Crippen LogP contribution < -0.4 is 9.47 Å². The number of benzene rings is 2. The van der Waals surface area contributed by atoms with Crippen LogP contribution in [-0.4, -0.2) is 41.7 Å². The molecule has 0 N–H and O–H groups in total. The lowest BCUT2D eigenvalue weighted by atomic mass is 10.1. The lowest BCUT2D eigenvalue weighted by Crippen LogP contribution is -2.28. The molecule has 1 amide bonds. The average molecular weight is 407 g/mol. The molecule has 0 radical (unpaired) electrons. The number of hydrogen-bond donors (Lipinski definition) is 0. The standard InChI is InChI=1S/C23H25N3O4/c1-14-6-5-7-17(10-14)22-24-23(30-25-22)18-12-21(27)26(13-18)15(2)16-8-9-19(28-3)20(11-16)29-4/h5-11,15,18H,12-13H2,1-4H3. The molecule has 4 rings (SSSR count). The van der Waals surface area contributed by atoms with Crippen molar-refractivity contribution < 1.29 is 18.8 Å². The first kappa shape index (κ1) is 19.9. The zero-order chi connectivity index (χ0) is 21.3. The molecule has 2 unspecified atom stereocenters. The molecule has 30 heavy (non-hydrogen) atoms. The van der Waals surface area contributed by atoms with Crippen LogP contribution >= 0.6 is 0 Å². The summed E-state index contributed by atoms with van der Waals surface area (Å²) in [6.45, 7) is 4.56. The normalized spacial score (nSPS) is 17.3. The molecule has 7 nitrogen and oxygen atoms in total. The van der Waals surface area contributed by atoms with Crippen LogP contribution in [0, 0.1) is 6.92 Å². The van der Waals surface area contributed by atoms with Crippen LogP contribution in [0.5, 0.6) is 11.5 Å². The molecule has 3 aromatic rings. The Labute approximate surface area is 175 Å². The fourth-order valence-corrected chi connectivity index (χ4v) is 3.87. The fraction of sp³-hybridized carbons (Fsp3) is 0.348. The van der Waals surface area contributed by atoms with Crippen molar-refractivity contribution in [1.82, 2.24) is 15.0 Å². The smallest absolute Gasteiger partial charge is 0.232 e. The topological polar surface area (TPSA) is 77.7 Å². The molecule has 2 heterocycles. The average Bonchev–Trinajstić information content (AvgIpc) is 3.39. The Bertz CT molecular complexity index is 1060. The van der Waals surface area contributed by atoms with Gasteiger partial charge in [0.05, 0.1) is 26.2 Å². The van der Waals surface area contributed by atoms with Crippen LogP contribution in [0.3, 0.4) is 0 Å². The Kier molecular flexibility index (Phi) is 5.44. The highest BCUT2D eigenvalue weighted by Crippen LogP contribution is 2.36. The number of likely N-dealkylation sites (tertiary alicyclic amines) is 1. The van der Waals surface area contributed by atoms with E-state index < -0.39 is 0 Å². The minimum absolute atomic E-state index is 0.0672. The van der Waals surface area contributed by atoms with Crippen LogP contribution in [-0.2, 0) is 4.79 Å². The van der Waals surface area contributed by atoms with E-state index in [2.05, 4.69) is 10.1 Å². The van der Waals surface area contributed by atoms with Crippen LogP contribution in [0.4, 0.5) is 0 Å². The summed E-state index contributed by atoms with van der Waals surface area (Å²) in [6, 6.07) is 13.6. The highest BCUT2D eigenvalue weighted by molar-refractivity contribution is 5.80. The summed E-state index contributed by atoms with van der Waals surface area (Å²) in [7, 11) is 3.20. The molecule has 156 valence electrons. The molecule has 7 heteroatoms. The first-order valence-electron chi connectivity index (χ1n) is 9.92. The quantitative estimate of drug-likeness (QED) is 0.611. The fourth-order valence-electron chi connectivity index (χ4n) is 3.87. The summed E-state index contributed by atoms with van der Waals surface area (Å²) in [5, 5.41) is 4.12. The molecule has 0 saturated carbocycles. The van der Waals surface area contributed by atoms with Crippen molar-refractivity contribution in [2.75, 3.05) is 20.8 Å². The predicted octanol–water partition coefficient (Wildman–Crippen LogP) is 4.14. The molecule has 1 aliphatic rings. The number of methoxy groups -OCH3 is 2. The molecule has 0 bridgehead atoms. The maximum atomic E-state index is 12.8. The predicted molar refractivity (Wildman–Crippen MR) is 112 cm³/mol. The van der Waals surface area contributed by atoms with Crippen molar-refractivity contribution in [1.29, 1.82) is 0 Å². The maximum Gasteiger partial charge on any atom is 0.232 e. The summed E-state index contributed by atoms with van der Waals surface area (Å²) in [5.41, 5.74) is 3.02. The molecule has 1 aromatic heterocycles. The van der Waals surface area contributed by atoms with E-state index in [1.165, 1.54) is 0 Å². The molecule has 1 aliphatic heterocycles. The number of hydrogen-bond acceptors (Lipinski definition) is 6. The molecule has 0 aliphatic carbocycles. The van der Waals surface area contributed by atoms with Gasteiger partial charge in [0.15, 0.2) is 11.5 Å². The largest absolute Gasteiger partial charge is 0.493 e. The van der Waals surface area contributed by atoms with Crippen molar-refractivity contribution in [2.45, 2.75) is 32.2 Å². The molecule has 2 aromatic carbocycles. The summed E-state index contributed by atoms with van der Waals surface area (Å²) in [4.78, 5) is 19.2. The summed E-state index contributed by atoms with van der Waals surface area (Å²) >= 11 is 0. The molecule has 1 fully saturated rings. The summed E-state index contributed by atoms with van der Waals surface area (Å²) in [5.74, 6) is 2.30. The number of ether oxygens (including phenoxy) is 2. The van der Waals surface area contributed by atoms with Gasteiger partial charge in [-0.25, -0.2) is 0 Å². The van der Waals surface area contributed by atoms with Crippen molar-refractivity contribution in [2.24, 2.45) is 0 Å². The van der Waals surface area contributed by atoms with Gasteiger partial charge >= 0.3 is 0 Å². The van der Waals surface area contributed by atoms with Gasteiger partial charge in [-0.3, -0.25) is 4.79 Å². The van der Waals surface area contributed by atoms with E-state index in [-0.39, 0.29) is 17.9 Å². The van der Waals surface area contributed by atoms with E-state index in [0.717, 1.165) is 16.7 Å². The number of carbonyl (C=O) groups excluding carboxylic acids is 1. The highest BCUT2D eigenvalue weighted by Gasteiger charge is 2.37. The second kappa shape index (κ2) is 8.18. The second-order valence-electron chi connectivity index (χ2n) is 7.56. The lowest BCUT2D eigenvalue weighted by molar-refractivity contribution is -0.129. The number of carbonyl (C=O) groups is 1. The van der Waals surface area contributed by atoms with Crippen molar-refractivity contribution in [3.05, 3.63) is 59.5 Å². The number of aromatic nitrogens is 2. The third-order valence-corrected chi connectivity index (χ3v) is 5.58. The zero-order valence-corrected chi connectivity index (χ0v) is 17.6. The van der Waals surface area contributed by atoms with Crippen LogP contribution in [0.15, 0.2) is 47.0 Å². The van der Waals surface area contributed by atoms with Crippen LogP contribution in [0.1, 0.15) is 42.3 Å². The van der Waals surface area contributed by atoms with Gasteiger partial charge in [0, 0.05) is 18.5 Å². The minimum atomic E-state index is -0.119. The van der Waals surface area contributed by atoms with E-state index in [9.17, 15) is 4.79 Å². The summed E-state index contributed by atoms with van der Waals surface area (Å²) < 4.78 is 16.2. The van der Waals surface area contributed by atoms with Gasteiger partial charge in [-0.2, -0.15) is 4.98 Å². The van der Waals surface area contributed by atoms with E-state index in [1.54, 1.807) is 14.2 Å². The summed E-state index contributed by atoms with van der Waals surface area (Å²) in [6.07, 6.45) is 0.354. The van der Waals surface area contributed by atoms with Gasteiger partial charge in [-0.05, 0) is 37.6 Å². The third-order valence-electron chi connectivity index (χ3n) is 5.58. The number of rotatable bonds is 6. The van der Waals surface area contributed by atoms with Crippen molar-refractivity contribution in [3.8, 4) is 22.9 Å². The van der Waals surface area contributed by atoms with Gasteiger partial charge in [0.2, 0.25) is 17.6 Å². The zero-order valence-electron chi connectivity index (χ0n) is 17.6. The van der Waals surface area contributed by atoms with Gasteiger partial charge < -0.3 is 18.9 Å². The van der Waals surface area contributed by atoms with Gasteiger partial charge in [-0.15, -0.1) is 0 Å². The Morgan fingerprint density at radius 1 is 1.13 bits per heavy atom. The second-order valence-corrected chi connectivity index (χ2v) is 7.56. The molecule has 0 spiro atoms. The Morgan fingerprint density at radius 2 is 1.93 bits per heavy atom. The number of nitrogens with zero attached hydrogens (tertiary/aromatic N) is 3. The van der Waals surface area contributed by atoms with Crippen molar-refractivity contribution in [3.63, 3.8) is 0 Å².